The molecule has 0 fully saturated rings. The van der Waals surface area contributed by atoms with E-state index in [-0.39, 0.29) is 18.4 Å². The van der Waals surface area contributed by atoms with E-state index < -0.39 is 0 Å². The second-order valence-corrected chi connectivity index (χ2v) is 8.88. The van der Waals surface area contributed by atoms with Crippen molar-refractivity contribution in [3.63, 3.8) is 0 Å². The molecule has 2 N–H and O–H groups in total. The molecule has 8 heteroatoms. The molecule has 0 radical (unpaired) electrons. The van der Waals surface area contributed by atoms with Crippen molar-refractivity contribution in [1.29, 1.82) is 0 Å². The molecular formula is C29H31N5O3. The second-order valence-electron chi connectivity index (χ2n) is 8.88. The summed E-state index contributed by atoms with van der Waals surface area (Å²) < 4.78 is 7.07. The largest absolute Gasteiger partial charge is 0.497 e. The Morgan fingerprint density at radius 1 is 0.892 bits per heavy atom. The molecule has 0 spiro atoms. The van der Waals surface area contributed by atoms with Crippen molar-refractivity contribution < 1.29 is 14.3 Å². The number of methoxy groups -OCH3 is 1. The van der Waals surface area contributed by atoms with E-state index >= 15 is 0 Å². The Balaban J connectivity index is 1.31. The third-order valence-electron chi connectivity index (χ3n) is 6.06. The number of nitrogens with zero attached hydrogens (tertiary/aromatic N) is 3. The molecule has 0 aliphatic rings. The van der Waals surface area contributed by atoms with Crippen LogP contribution in [0.25, 0.3) is 5.69 Å². The number of rotatable bonds is 9. The predicted octanol–water partition coefficient (Wildman–Crippen LogP) is 4.82. The van der Waals surface area contributed by atoms with E-state index in [1.807, 2.05) is 60.8 Å². The van der Waals surface area contributed by atoms with Gasteiger partial charge in [0.1, 0.15) is 5.75 Å². The Morgan fingerprint density at radius 3 is 2.16 bits per heavy atom. The first-order chi connectivity index (χ1) is 17.8. The molecule has 0 saturated carbocycles. The Kier molecular flexibility index (Phi) is 8.00. The molecule has 4 rings (SSSR count). The van der Waals surface area contributed by atoms with Gasteiger partial charge in [-0.15, -0.1) is 0 Å². The number of anilines is 2. The number of hydrogen-bond donors (Lipinski definition) is 2. The zero-order valence-electron chi connectivity index (χ0n) is 21.5. The SMILES string of the molecule is COc1ccc(NC(=O)c2ccc(NC(=O)CN(C)Cc3c(C)nn(-c4ccccc4)c3C)cc2)cc1. The highest BCUT2D eigenvalue weighted by atomic mass is 16.5. The van der Waals surface area contributed by atoms with Gasteiger partial charge in [0.25, 0.3) is 5.91 Å². The summed E-state index contributed by atoms with van der Waals surface area (Å²) in [7, 11) is 3.50. The highest BCUT2D eigenvalue weighted by molar-refractivity contribution is 6.04. The Bertz CT molecular complexity index is 1360. The van der Waals surface area contributed by atoms with Crippen molar-refractivity contribution >= 4 is 23.2 Å². The van der Waals surface area contributed by atoms with Gasteiger partial charge in [-0.25, -0.2) is 4.68 Å². The highest BCUT2D eigenvalue weighted by Gasteiger charge is 2.16. The summed E-state index contributed by atoms with van der Waals surface area (Å²) in [5.41, 5.74) is 5.90. The summed E-state index contributed by atoms with van der Waals surface area (Å²) in [5, 5.41) is 10.4. The lowest BCUT2D eigenvalue weighted by Crippen LogP contribution is -2.30. The van der Waals surface area contributed by atoms with Crippen LogP contribution in [0.1, 0.15) is 27.3 Å². The van der Waals surface area contributed by atoms with E-state index in [4.69, 9.17) is 4.74 Å². The van der Waals surface area contributed by atoms with Crippen LogP contribution in [0.5, 0.6) is 5.75 Å². The number of carbonyl (C=O) groups excluding carboxylic acids is 2. The van der Waals surface area contributed by atoms with Crippen LogP contribution in [0.15, 0.2) is 78.9 Å². The topological polar surface area (TPSA) is 88.5 Å². The number of benzene rings is 3. The van der Waals surface area contributed by atoms with Gasteiger partial charge in [0.15, 0.2) is 0 Å². The maximum atomic E-state index is 12.7. The molecular weight excluding hydrogens is 466 g/mol. The fraction of sp³-hybridized carbons (Fsp3) is 0.207. The van der Waals surface area contributed by atoms with Crippen molar-refractivity contribution in [2.45, 2.75) is 20.4 Å². The number of aryl methyl sites for hydroxylation is 1. The standard InChI is InChI=1S/C29H31N5O3/c1-20-27(21(2)34(32-20)25-8-6-5-7-9-25)18-33(3)19-28(35)30-23-12-10-22(11-13-23)29(36)31-24-14-16-26(37-4)17-15-24/h5-17H,18-19H2,1-4H3,(H,30,35)(H,31,36). The van der Waals surface area contributed by atoms with Crippen molar-refractivity contribution in [2.24, 2.45) is 0 Å². The van der Waals surface area contributed by atoms with E-state index in [2.05, 4.69) is 15.7 Å². The minimum absolute atomic E-state index is 0.135. The van der Waals surface area contributed by atoms with Gasteiger partial charge >= 0.3 is 0 Å². The lowest BCUT2D eigenvalue weighted by Gasteiger charge is -2.17. The molecule has 0 bridgehead atoms. The zero-order chi connectivity index (χ0) is 26.4. The van der Waals surface area contributed by atoms with Crippen molar-refractivity contribution in [3.05, 3.63) is 101 Å². The van der Waals surface area contributed by atoms with E-state index in [9.17, 15) is 9.59 Å². The summed E-state index contributed by atoms with van der Waals surface area (Å²) in [4.78, 5) is 27.1. The van der Waals surface area contributed by atoms with E-state index in [0.717, 1.165) is 28.4 Å². The predicted molar refractivity (Wildman–Crippen MR) is 145 cm³/mol. The van der Waals surface area contributed by atoms with Crippen molar-refractivity contribution in [2.75, 3.05) is 31.3 Å². The number of ether oxygens (including phenoxy) is 1. The summed E-state index contributed by atoms with van der Waals surface area (Å²) in [6.45, 7) is 4.85. The monoisotopic (exact) mass is 497 g/mol. The van der Waals surface area contributed by atoms with Gasteiger partial charge < -0.3 is 15.4 Å². The maximum absolute atomic E-state index is 12.7. The van der Waals surface area contributed by atoms with Gasteiger partial charge in [-0.3, -0.25) is 14.5 Å². The van der Waals surface area contributed by atoms with Crippen molar-refractivity contribution in [3.8, 4) is 11.4 Å². The minimum atomic E-state index is -0.232. The molecule has 1 heterocycles. The molecule has 0 aliphatic carbocycles. The molecule has 4 aromatic rings. The number of hydrogen-bond acceptors (Lipinski definition) is 5. The van der Waals surface area contributed by atoms with Gasteiger partial charge in [-0.1, -0.05) is 18.2 Å². The molecule has 8 nitrogen and oxygen atoms in total. The fourth-order valence-electron chi connectivity index (χ4n) is 4.08. The van der Waals surface area contributed by atoms with Gasteiger partial charge in [-0.2, -0.15) is 5.10 Å². The lowest BCUT2D eigenvalue weighted by molar-refractivity contribution is -0.117. The molecule has 190 valence electrons. The van der Waals surface area contributed by atoms with Crippen LogP contribution >= 0.6 is 0 Å². The molecule has 0 saturated heterocycles. The van der Waals surface area contributed by atoms with E-state index in [0.29, 0.717) is 23.5 Å². The summed E-state index contributed by atoms with van der Waals surface area (Å²) in [6, 6.07) is 23.9. The molecule has 3 aromatic carbocycles. The average molecular weight is 498 g/mol. The summed E-state index contributed by atoms with van der Waals surface area (Å²) in [5.74, 6) is 0.351. The molecule has 37 heavy (non-hydrogen) atoms. The van der Waals surface area contributed by atoms with Crippen LogP contribution in [0, 0.1) is 13.8 Å². The third-order valence-corrected chi connectivity index (χ3v) is 6.06. The number of aromatic nitrogens is 2. The van der Waals surface area contributed by atoms with Crippen LogP contribution in [0.3, 0.4) is 0 Å². The molecule has 0 aliphatic heterocycles. The molecule has 2 amide bonds. The van der Waals surface area contributed by atoms with Crippen LogP contribution in [0.4, 0.5) is 11.4 Å². The number of nitrogens with one attached hydrogen (secondary N) is 2. The van der Waals surface area contributed by atoms with Crippen LogP contribution < -0.4 is 15.4 Å². The number of carbonyl (C=O) groups is 2. The average Bonchev–Trinajstić information content (AvgIpc) is 3.18. The van der Waals surface area contributed by atoms with Gasteiger partial charge in [0.2, 0.25) is 5.91 Å². The van der Waals surface area contributed by atoms with Gasteiger partial charge in [0, 0.05) is 34.7 Å². The summed E-state index contributed by atoms with van der Waals surface area (Å²) in [6.07, 6.45) is 0. The number of para-hydroxylation sites is 1. The summed E-state index contributed by atoms with van der Waals surface area (Å²) >= 11 is 0. The molecule has 0 atom stereocenters. The fourth-order valence-corrected chi connectivity index (χ4v) is 4.08. The normalized spacial score (nSPS) is 10.8. The second kappa shape index (κ2) is 11.5. The smallest absolute Gasteiger partial charge is 0.255 e. The highest BCUT2D eigenvalue weighted by Crippen LogP contribution is 2.20. The minimum Gasteiger partial charge on any atom is -0.497 e. The lowest BCUT2D eigenvalue weighted by atomic mass is 10.1. The number of amides is 2. The first-order valence-corrected chi connectivity index (χ1v) is 12.0. The van der Waals surface area contributed by atoms with Crippen LogP contribution in [-0.4, -0.2) is 47.2 Å². The van der Waals surface area contributed by atoms with Gasteiger partial charge in [-0.05, 0) is 81.6 Å². The Morgan fingerprint density at radius 2 is 1.51 bits per heavy atom. The van der Waals surface area contributed by atoms with E-state index in [1.54, 1.807) is 55.6 Å². The molecule has 0 unspecified atom stereocenters. The maximum Gasteiger partial charge on any atom is 0.255 e. The quantitative estimate of drug-likeness (QED) is 0.346. The third kappa shape index (κ3) is 6.42. The van der Waals surface area contributed by atoms with Crippen LogP contribution in [0.2, 0.25) is 0 Å². The zero-order valence-corrected chi connectivity index (χ0v) is 21.5. The van der Waals surface area contributed by atoms with Crippen LogP contribution in [-0.2, 0) is 11.3 Å². The molecule has 1 aromatic heterocycles. The van der Waals surface area contributed by atoms with E-state index in [1.165, 1.54) is 0 Å². The first kappa shape index (κ1) is 25.7. The Labute approximate surface area is 216 Å². The first-order valence-electron chi connectivity index (χ1n) is 12.0. The Hall–Kier alpha value is -4.43. The number of likely N-dealkylation sites (N-methyl/N-ethyl adjacent to an activating group) is 1. The van der Waals surface area contributed by atoms with Crippen molar-refractivity contribution in [1.82, 2.24) is 14.7 Å². The van der Waals surface area contributed by atoms with Gasteiger partial charge in [0.05, 0.1) is 25.0 Å².